The highest BCUT2D eigenvalue weighted by Gasteiger charge is 2.38. The maximum Gasteiger partial charge on any atom is 0.340 e. The maximum absolute atomic E-state index is 12.5. The van der Waals surface area contributed by atoms with E-state index < -0.39 is 24.2 Å². The molecule has 2 aliphatic rings. The van der Waals surface area contributed by atoms with Gasteiger partial charge in [0.05, 0.1) is 36.3 Å². The number of aromatic nitrogens is 1. The van der Waals surface area contributed by atoms with Gasteiger partial charge in [-0.25, -0.2) is 4.79 Å². The summed E-state index contributed by atoms with van der Waals surface area (Å²) in [6, 6.07) is 3.87. The van der Waals surface area contributed by atoms with Crippen molar-refractivity contribution in [1.29, 1.82) is 0 Å². The van der Waals surface area contributed by atoms with Crippen LogP contribution in [-0.4, -0.2) is 39.9 Å². The Morgan fingerprint density at radius 2 is 2.10 bits per heavy atom. The molecule has 0 bridgehead atoms. The van der Waals surface area contributed by atoms with E-state index in [2.05, 4.69) is 5.32 Å². The lowest BCUT2D eigenvalue weighted by molar-refractivity contribution is -0.121. The van der Waals surface area contributed by atoms with Crippen LogP contribution in [0.4, 0.5) is 0 Å². The fourth-order valence-corrected chi connectivity index (χ4v) is 3.76. The number of aliphatic hydroxyl groups excluding tert-OH is 2. The summed E-state index contributed by atoms with van der Waals surface area (Å²) < 4.78 is 13.4. The minimum atomic E-state index is -1.05. The number of nitrogens with one attached hydrogen (secondary N) is 1. The van der Waals surface area contributed by atoms with Gasteiger partial charge in [0.2, 0.25) is 5.91 Å². The van der Waals surface area contributed by atoms with E-state index >= 15 is 0 Å². The van der Waals surface area contributed by atoms with Crippen molar-refractivity contribution in [2.45, 2.75) is 25.6 Å². The van der Waals surface area contributed by atoms with Gasteiger partial charge in [-0.2, -0.15) is 0 Å². The van der Waals surface area contributed by atoms with E-state index in [1.807, 2.05) is 35.2 Å². The zero-order chi connectivity index (χ0) is 20.5. The number of hydrogen-bond donors (Lipinski definition) is 3. The molecule has 4 rings (SSSR count). The summed E-state index contributed by atoms with van der Waals surface area (Å²) in [5.41, 5.74) is 2.08. The normalized spacial score (nSPS) is 20.4. The summed E-state index contributed by atoms with van der Waals surface area (Å²) in [5.74, 6) is -0.0345. The molecular weight excluding hydrogens is 376 g/mol. The van der Waals surface area contributed by atoms with Crippen LogP contribution >= 0.6 is 0 Å². The molecule has 1 aliphatic heterocycles. The first-order valence-corrected chi connectivity index (χ1v) is 9.38. The molecule has 0 saturated carbocycles. The molecule has 0 spiro atoms. The molecule has 29 heavy (non-hydrogen) atoms. The Morgan fingerprint density at radius 3 is 2.83 bits per heavy atom. The largest absolute Gasteiger partial charge is 0.490 e. The highest BCUT2D eigenvalue weighted by molar-refractivity contribution is 5.79. The Bertz CT molecular complexity index is 1030. The fraction of sp³-hybridized carbons (Fsp3) is 0.333. The minimum absolute atomic E-state index is 0.0392. The van der Waals surface area contributed by atoms with Crippen LogP contribution < -0.4 is 10.9 Å². The number of nitrogens with zero attached hydrogens (tertiary/aromatic N) is 1. The molecule has 1 amide bonds. The molecule has 0 aromatic carbocycles. The van der Waals surface area contributed by atoms with Gasteiger partial charge in [-0.15, -0.1) is 0 Å². The maximum atomic E-state index is 12.5. The first kappa shape index (κ1) is 19.2. The molecule has 0 radical (unpaired) electrons. The van der Waals surface area contributed by atoms with Crippen LogP contribution in [0.1, 0.15) is 28.6 Å². The monoisotopic (exact) mass is 398 g/mol. The van der Waals surface area contributed by atoms with E-state index in [1.54, 1.807) is 19.3 Å². The van der Waals surface area contributed by atoms with Crippen LogP contribution in [0.15, 0.2) is 46.1 Å². The van der Waals surface area contributed by atoms with Gasteiger partial charge < -0.3 is 29.3 Å². The summed E-state index contributed by atoms with van der Waals surface area (Å²) >= 11 is 0. The van der Waals surface area contributed by atoms with Crippen molar-refractivity contribution in [1.82, 2.24) is 9.88 Å². The van der Waals surface area contributed by atoms with Crippen molar-refractivity contribution in [3.63, 3.8) is 0 Å². The second-order valence-corrected chi connectivity index (χ2v) is 7.16. The van der Waals surface area contributed by atoms with Gasteiger partial charge in [0.1, 0.15) is 18.1 Å². The van der Waals surface area contributed by atoms with Gasteiger partial charge in [-0.3, -0.25) is 4.79 Å². The second-order valence-electron chi connectivity index (χ2n) is 7.16. The van der Waals surface area contributed by atoms with Gasteiger partial charge in [-0.05, 0) is 30.7 Å². The molecule has 0 saturated heterocycles. The van der Waals surface area contributed by atoms with E-state index in [1.165, 1.54) is 0 Å². The van der Waals surface area contributed by atoms with E-state index in [0.29, 0.717) is 11.3 Å². The lowest BCUT2D eigenvalue weighted by Crippen LogP contribution is -2.36. The molecule has 3 N–H and O–H groups in total. The smallest absolute Gasteiger partial charge is 0.340 e. The first-order valence-electron chi connectivity index (χ1n) is 9.38. The Balaban J connectivity index is 1.61. The summed E-state index contributed by atoms with van der Waals surface area (Å²) in [6.45, 7) is 1.24. The zero-order valence-electron chi connectivity index (χ0n) is 15.9. The second kappa shape index (κ2) is 7.73. The molecule has 2 aromatic rings. The number of amides is 1. The molecule has 8 heteroatoms. The quantitative estimate of drug-likeness (QED) is 0.668. The van der Waals surface area contributed by atoms with Crippen molar-refractivity contribution in [3.8, 4) is 0 Å². The van der Waals surface area contributed by atoms with Crippen LogP contribution in [0.25, 0.3) is 11.8 Å². The number of ether oxygens (including phenoxy) is 1. The molecule has 0 fully saturated rings. The molecule has 2 aromatic heterocycles. The lowest BCUT2D eigenvalue weighted by Gasteiger charge is -2.26. The average molecular weight is 398 g/mol. The van der Waals surface area contributed by atoms with Crippen LogP contribution in [-0.2, 0) is 16.0 Å². The summed E-state index contributed by atoms with van der Waals surface area (Å²) in [5, 5.41) is 20.7. The van der Waals surface area contributed by atoms with Gasteiger partial charge in [0.25, 0.3) is 0 Å². The number of aliphatic hydroxyl groups is 2. The standard InChI is InChI=1S/C21H22N2O6/c1-12-15(8-18(26)22-9-13(25)10-24)21(27)29-17-5-4-14-16(23-6-2-3-7-23)11-28-20(14)19(12)17/h2-7,11,13-14,20,24-25H,8-10H2,1H3,(H,22,26). The predicted molar refractivity (Wildman–Crippen MR) is 105 cm³/mol. The predicted octanol–water partition coefficient (Wildman–Crippen LogP) is 0.975. The van der Waals surface area contributed by atoms with Gasteiger partial charge in [-0.1, -0.05) is 6.08 Å². The van der Waals surface area contributed by atoms with Crippen LogP contribution in [0, 0.1) is 12.8 Å². The van der Waals surface area contributed by atoms with Crippen molar-refractivity contribution < 1.29 is 24.2 Å². The van der Waals surface area contributed by atoms with Crippen molar-refractivity contribution in [2.24, 2.45) is 5.92 Å². The number of fused-ring (bicyclic) bond motifs is 3. The van der Waals surface area contributed by atoms with Crippen LogP contribution in [0.2, 0.25) is 0 Å². The summed E-state index contributed by atoms with van der Waals surface area (Å²) in [4.78, 5) is 24.7. The Kier molecular flexibility index (Phi) is 5.12. The van der Waals surface area contributed by atoms with E-state index in [4.69, 9.17) is 14.3 Å². The Hall–Kier alpha value is -3.10. The number of carbonyl (C=O) groups excluding carboxylic acids is 1. The van der Waals surface area contributed by atoms with E-state index in [-0.39, 0.29) is 30.6 Å². The third kappa shape index (κ3) is 3.52. The molecule has 3 heterocycles. The topological polar surface area (TPSA) is 114 Å². The minimum Gasteiger partial charge on any atom is -0.490 e. The van der Waals surface area contributed by atoms with Crippen LogP contribution in [0.5, 0.6) is 0 Å². The molecule has 8 nitrogen and oxygen atoms in total. The van der Waals surface area contributed by atoms with Crippen molar-refractivity contribution in [2.75, 3.05) is 13.2 Å². The number of rotatable bonds is 6. The SMILES string of the molecule is Cc1c2c(oc(=O)c1CC(=O)NCC(O)CO)C=CC1C(n3cccc3)=COC21. The molecule has 3 atom stereocenters. The molecule has 152 valence electrons. The zero-order valence-corrected chi connectivity index (χ0v) is 15.9. The summed E-state index contributed by atoms with van der Waals surface area (Å²) in [6.07, 6.45) is 7.76. The van der Waals surface area contributed by atoms with E-state index in [9.17, 15) is 14.7 Å². The highest BCUT2D eigenvalue weighted by atomic mass is 16.5. The number of carbonyl (C=O) groups is 1. The lowest BCUT2D eigenvalue weighted by atomic mass is 9.85. The molecule has 1 aliphatic carbocycles. The Labute approximate surface area is 166 Å². The van der Waals surface area contributed by atoms with Gasteiger partial charge in [0, 0.05) is 24.5 Å². The fourth-order valence-electron chi connectivity index (χ4n) is 3.76. The third-order valence-corrected chi connectivity index (χ3v) is 5.30. The summed E-state index contributed by atoms with van der Waals surface area (Å²) in [7, 11) is 0. The van der Waals surface area contributed by atoms with Gasteiger partial charge in [0.15, 0.2) is 0 Å². The average Bonchev–Trinajstić information content (AvgIpc) is 3.38. The number of hydrogen-bond acceptors (Lipinski definition) is 6. The Morgan fingerprint density at radius 1 is 1.34 bits per heavy atom. The highest BCUT2D eigenvalue weighted by Crippen LogP contribution is 2.46. The third-order valence-electron chi connectivity index (χ3n) is 5.30. The molecular formula is C21H22N2O6. The van der Waals surface area contributed by atoms with Gasteiger partial charge >= 0.3 is 5.63 Å². The van der Waals surface area contributed by atoms with E-state index in [0.717, 1.165) is 11.3 Å². The van der Waals surface area contributed by atoms with Crippen LogP contribution in [0.3, 0.4) is 0 Å². The van der Waals surface area contributed by atoms with Crippen molar-refractivity contribution >= 4 is 17.7 Å². The molecule has 3 unspecified atom stereocenters. The first-order chi connectivity index (χ1) is 14.0. The van der Waals surface area contributed by atoms with Crippen molar-refractivity contribution in [3.05, 3.63) is 69.7 Å².